The number of thiazole rings is 1. The van der Waals surface area contributed by atoms with Crippen LogP contribution in [0.25, 0.3) is 15.9 Å². The molecule has 1 N–H and O–H groups in total. The minimum Gasteiger partial charge on any atom is -0.462 e. The van der Waals surface area contributed by atoms with Crippen LogP contribution < -0.4 is 5.32 Å². The van der Waals surface area contributed by atoms with E-state index < -0.39 is 5.97 Å². The summed E-state index contributed by atoms with van der Waals surface area (Å²) < 4.78 is 7.77. The van der Waals surface area contributed by atoms with Crippen LogP contribution in [0.1, 0.15) is 17.3 Å². The highest BCUT2D eigenvalue weighted by atomic mass is 35.5. The van der Waals surface area contributed by atoms with Crippen LogP contribution in [-0.4, -0.2) is 27.3 Å². The monoisotopic (exact) mass is 398 g/mol. The van der Waals surface area contributed by atoms with Crippen LogP contribution in [0.2, 0.25) is 5.02 Å². The van der Waals surface area contributed by atoms with E-state index in [9.17, 15) is 4.79 Å². The number of nitrogens with zero attached hydrogens (tertiary/aromatic N) is 3. The summed E-state index contributed by atoms with van der Waals surface area (Å²) in [5, 5.41) is 8.88. The Morgan fingerprint density at radius 3 is 2.85 bits per heavy atom. The molecule has 2 aromatic carbocycles. The molecule has 0 unspecified atom stereocenters. The average Bonchev–Trinajstić information content (AvgIpc) is 3.26. The summed E-state index contributed by atoms with van der Waals surface area (Å²) in [5.41, 5.74) is 1.99. The molecule has 0 radical (unpaired) electrons. The van der Waals surface area contributed by atoms with Gasteiger partial charge in [-0.3, -0.25) is 0 Å². The number of anilines is 2. The molecule has 0 saturated carbocycles. The number of ether oxygens (including phenoxy) is 1. The minimum absolute atomic E-state index is 0.286. The molecule has 4 aromatic rings. The van der Waals surface area contributed by atoms with Crippen molar-refractivity contribution in [1.29, 1.82) is 0 Å². The van der Waals surface area contributed by atoms with Gasteiger partial charge in [-0.15, -0.1) is 0 Å². The number of nitrogens with one attached hydrogen (secondary N) is 1. The maximum absolute atomic E-state index is 12.4. The smallest absolute Gasteiger partial charge is 0.343 e. The molecular formula is C19H15ClN4O2S. The molecule has 8 heteroatoms. The van der Waals surface area contributed by atoms with E-state index in [2.05, 4.69) is 15.4 Å². The summed E-state index contributed by atoms with van der Waals surface area (Å²) in [6.07, 6.45) is 1.50. The van der Waals surface area contributed by atoms with E-state index in [0.29, 0.717) is 21.5 Å². The first-order chi connectivity index (χ1) is 13.2. The number of rotatable bonds is 5. The number of hydrogen-bond acceptors (Lipinski definition) is 6. The molecule has 0 aliphatic heterocycles. The highest BCUT2D eigenvalue weighted by Gasteiger charge is 2.21. The lowest BCUT2D eigenvalue weighted by Crippen LogP contribution is -2.09. The second-order valence-electron chi connectivity index (χ2n) is 5.63. The zero-order valence-electron chi connectivity index (χ0n) is 14.3. The number of para-hydroxylation sites is 1. The lowest BCUT2D eigenvalue weighted by Gasteiger charge is -2.10. The van der Waals surface area contributed by atoms with Gasteiger partial charge < -0.3 is 10.1 Å². The topological polar surface area (TPSA) is 69.0 Å². The Morgan fingerprint density at radius 1 is 1.26 bits per heavy atom. The van der Waals surface area contributed by atoms with E-state index in [1.54, 1.807) is 17.7 Å². The van der Waals surface area contributed by atoms with Crippen molar-refractivity contribution in [3.8, 4) is 5.69 Å². The van der Waals surface area contributed by atoms with Crippen molar-refractivity contribution in [2.24, 2.45) is 0 Å². The molecule has 27 heavy (non-hydrogen) atoms. The molecule has 0 amide bonds. The van der Waals surface area contributed by atoms with Crippen molar-refractivity contribution in [3.05, 3.63) is 65.3 Å². The van der Waals surface area contributed by atoms with Crippen molar-refractivity contribution in [1.82, 2.24) is 14.8 Å². The Morgan fingerprint density at radius 2 is 2.07 bits per heavy atom. The third-order valence-corrected chi connectivity index (χ3v) is 5.01. The summed E-state index contributed by atoms with van der Waals surface area (Å²) in [6, 6.07) is 15.1. The van der Waals surface area contributed by atoms with Gasteiger partial charge in [-0.05, 0) is 37.3 Å². The molecule has 0 aliphatic rings. The van der Waals surface area contributed by atoms with Gasteiger partial charge in [0.25, 0.3) is 0 Å². The number of aromatic nitrogens is 3. The zero-order chi connectivity index (χ0) is 18.8. The molecule has 136 valence electrons. The van der Waals surface area contributed by atoms with Crippen molar-refractivity contribution in [2.45, 2.75) is 6.92 Å². The fourth-order valence-electron chi connectivity index (χ4n) is 2.65. The van der Waals surface area contributed by atoms with E-state index in [0.717, 1.165) is 15.9 Å². The normalized spacial score (nSPS) is 10.9. The predicted molar refractivity (Wildman–Crippen MR) is 107 cm³/mol. The quantitative estimate of drug-likeness (QED) is 0.476. The Balaban J connectivity index is 1.78. The summed E-state index contributed by atoms with van der Waals surface area (Å²) in [5.74, 6) is 0.0659. The largest absolute Gasteiger partial charge is 0.462 e. The van der Waals surface area contributed by atoms with Crippen molar-refractivity contribution in [3.63, 3.8) is 0 Å². The molecule has 4 rings (SSSR count). The average molecular weight is 399 g/mol. The minimum atomic E-state index is -0.439. The summed E-state index contributed by atoms with van der Waals surface area (Å²) >= 11 is 7.51. The lowest BCUT2D eigenvalue weighted by atomic mass is 10.3. The van der Waals surface area contributed by atoms with Crippen molar-refractivity contribution < 1.29 is 9.53 Å². The van der Waals surface area contributed by atoms with Crippen molar-refractivity contribution in [2.75, 3.05) is 11.9 Å². The number of esters is 1. The van der Waals surface area contributed by atoms with E-state index in [4.69, 9.17) is 16.3 Å². The summed E-state index contributed by atoms with van der Waals surface area (Å²) in [6.45, 7) is 2.05. The maximum Gasteiger partial charge on any atom is 0.343 e. The van der Waals surface area contributed by atoms with Gasteiger partial charge in [0.2, 0.25) is 0 Å². The van der Waals surface area contributed by atoms with Gasteiger partial charge in [0.15, 0.2) is 10.9 Å². The molecule has 0 spiro atoms. The van der Waals surface area contributed by atoms with Gasteiger partial charge in [0.05, 0.1) is 28.7 Å². The van der Waals surface area contributed by atoms with Crippen LogP contribution in [-0.2, 0) is 4.74 Å². The third kappa shape index (κ3) is 3.51. The van der Waals surface area contributed by atoms with Crippen LogP contribution in [0.15, 0.2) is 54.7 Å². The van der Waals surface area contributed by atoms with E-state index in [-0.39, 0.29) is 6.61 Å². The number of fused-ring (bicyclic) bond motifs is 1. The van der Waals surface area contributed by atoms with Gasteiger partial charge in [-0.25, -0.2) is 14.5 Å². The first-order valence-electron chi connectivity index (χ1n) is 8.29. The van der Waals surface area contributed by atoms with Gasteiger partial charge in [-0.1, -0.05) is 41.1 Å². The summed E-state index contributed by atoms with van der Waals surface area (Å²) in [7, 11) is 0. The van der Waals surface area contributed by atoms with Crippen LogP contribution in [0, 0.1) is 0 Å². The Hall–Kier alpha value is -2.90. The number of hydrogen-bond donors (Lipinski definition) is 1. The first kappa shape index (κ1) is 17.5. The second kappa shape index (κ2) is 7.38. The number of carbonyl (C=O) groups is 1. The molecule has 0 aliphatic carbocycles. The molecule has 0 bridgehead atoms. The fourth-order valence-corrected chi connectivity index (χ4v) is 3.79. The second-order valence-corrected chi connectivity index (χ2v) is 7.10. The standard InChI is InChI=1S/C19H15ClN4O2S/c1-2-26-18(25)14-11-21-24(13-6-4-3-5-7-13)17(14)23-19-22-15-9-8-12(20)10-16(15)27-19/h3-11H,2H2,1H3,(H,22,23). The molecular weight excluding hydrogens is 384 g/mol. The molecule has 2 aromatic heterocycles. The molecule has 0 fully saturated rings. The number of benzene rings is 2. The van der Waals surface area contributed by atoms with Gasteiger partial charge in [0.1, 0.15) is 5.56 Å². The fraction of sp³-hybridized carbons (Fsp3) is 0.105. The van der Waals surface area contributed by atoms with Crippen molar-refractivity contribution >= 4 is 50.1 Å². The van der Waals surface area contributed by atoms with Crippen LogP contribution in [0.4, 0.5) is 10.9 Å². The van der Waals surface area contributed by atoms with Gasteiger partial charge in [-0.2, -0.15) is 5.10 Å². The molecule has 0 saturated heterocycles. The predicted octanol–water partition coefficient (Wildman–Crippen LogP) is 5.06. The zero-order valence-corrected chi connectivity index (χ0v) is 15.9. The summed E-state index contributed by atoms with van der Waals surface area (Å²) in [4.78, 5) is 16.9. The molecule has 2 heterocycles. The van der Waals surface area contributed by atoms with Crippen LogP contribution >= 0.6 is 22.9 Å². The van der Waals surface area contributed by atoms with Crippen LogP contribution in [0.3, 0.4) is 0 Å². The molecule has 6 nitrogen and oxygen atoms in total. The van der Waals surface area contributed by atoms with Gasteiger partial charge in [0, 0.05) is 5.02 Å². The first-order valence-corrected chi connectivity index (χ1v) is 9.49. The van der Waals surface area contributed by atoms with Gasteiger partial charge >= 0.3 is 5.97 Å². The Bertz CT molecular complexity index is 1110. The Kier molecular flexibility index (Phi) is 4.79. The highest BCUT2D eigenvalue weighted by Crippen LogP contribution is 2.32. The number of carbonyl (C=O) groups excluding carboxylic acids is 1. The lowest BCUT2D eigenvalue weighted by molar-refractivity contribution is 0.0527. The SMILES string of the molecule is CCOC(=O)c1cnn(-c2ccccc2)c1Nc1nc2ccc(Cl)cc2s1. The number of halogens is 1. The van der Waals surface area contributed by atoms with E-state index >= 15 is 0 Å². The van der Waals surface area contributed by atoms with E-state index in [1.165, 1.54) is 17.5 Å². The van der Waals surface area contributed by atoms with Crippen LogP contribution in [0.5, 0.6) is 0 Å². The van der Waals surface area contributed by atoms with E-state index in [1.807, 2.05) is 42.5 Å². The maximum atomic E-state index is 12.4. The Labute approximate surface area is 164 Å². The third-order valence-electron chi connectivity index (χ3n) is 3.84. The highest BCUT2D eigenvalue weighted by molar-refractivity contribution is 7.22. The molecule has 0 atom stereocenters.